The summed E-state index contributed by atoms with van der Waals surface area (Å²) in [7, 11) is 0. The molecule has 1 aromatic carbocycles. The Morgan fingerprint density at radius 3 is 3.00 bits per heavy atom. The predicted octanol–water partition coefficient (Wildman–Crippen LogP) is 4.11. The molecule has 0 bridgehead atoms. The molecule has 0 saturated carbocycles. The maximum atomic E-state index is 4.09. The second-order valence-corrected chi connectivity index (χ2v) is 5.42. The quantitative estimate of drug-likeness (QED) is 0.741. The number of para-hydroxylation sites is 1. The van der Waals surface area contributed by atoms with Crippen LogP contribution in [0.2, 0.25) is 0 Å². The second-order valence-electron chi connectivity index (χ2n) is 4.47. The number of fused-ring (bicyclic) bond motifs is 1. The van der Waals surface area contributed by atoms with Gasteiger partial charge in [-0.1, -0.05) is 12.1 Å². The Morgan fingerprint density at radius 2 is 2.22 bits per heavy atom. The molecule has 3 nitrogen and oxygen atoms in total. The van der Waals surface area contributed by atoms with Crippen LogP contribution in [0.3, 0.4) is 0 Å². The monoisotopic (exact) mass is 257 g/mol. The highest BCUT2D eigenvalue weighted by molar-refractivity contribution is 7.10. The van der Waals surface area contributed by atoms with Crippen molar-refractivity contribution in [3.8, 4) is 0 Å². The van der Waals surface area contributed by atoms with Gasteiger partial charge in [-0.15, -0.1) is 11.3 Å². The highest BCUT2D eigenvalue weighted by Gasteiger charge is 2.11. The van der Waals surface area contributed by atoms with Crippen molar-refractivity contribution in [1.29, 1.82) is 0 Å². The lowest BCUT2D eigenvalue weighted by Gasteiger charge is -2.15. The summed E-state index contributed by atoms with van der Waals surface area (Å²) in [5.74, 6) is 0. The highest BCUT2D eigenvalue weighted by Crippen LogP contribution is 2.29. The standard InChI is InChI=1S/C14H15N3S/c1-9-6-7-18-14(9)10(2)16-12-5-3-4-11-8-15-17-13(11)12/h3-8,10,16H,1-2H3,(H,15,17). The molecule has 0 aliphatic rings. The second kappa shape index (κ2) is 4.46. The first-order valence-corrected chi connectivity index (χ1v) is 6.86. The molecule has 18 heavy (non-hydrogen) atoms. The minimum atomic E-state index is 0.305. The van der Waals surface area contributed by atoms with Gasteiger partial charge in [-0.3, -0.25) is 5.10 Å². The fourth-order valence-corrected chi connectivity index (χ4v) is 3.15. The fraction of sp³-hybridized carbons (Fsp3) is 0.214. The number of aromatic nitrogens is 2. The first-order chi connectivity index (χ1) is 8.75. The Labute approximate surface area is 110 Å². The van der Waals surface area contributed by atoms with Crippen molar-refractivity contribution in [2.24, 2.45) is 0 Å². The van der Waals surface area contributed by atoms with Gasteiger partial charge in [-0.2, -0.15) is 5.10 Å². The SMILES string of the molecule is Cc1ccsc1C(C)Nc1cccc2cn[nH]c12. The van der Waals surface area contributed by atoms with Gasteiger partial charge < -0.3 is 5.32 Å². The number of nitrogens with zero attached hydrogens (tertiary/aromatic N) is 1. The van der Waals surface area contributed by atoms with E-state index in [0.717, 1.165) is 16.6 Å². The summed E-state index contributed by atoms with van der Waals surface area (Å²) in [4.78, 5) is 1.38. The van der Waals surface area contributed by atoms with Gasteiger partial charge in [-0.05, 0) is 36.9 Å². The van der Waals surface area contributed by atoms with Crippen LogP contribution in [-0.4, -0.2) is 10.2 Å². The van der Waals surface area contributed by atoms with E-state index in [0.29, 0.717) is 6.04 Å². The molecule has 1 unspecified atom stereocenters. The highest BCUT2D eigenvalue weighted by atomic mass is 32.1. The Morgan fingerprint density at radius 1 is 1.33 bits per heavy atom. The summed E-state index contributed by atoms with van der Waals surface area (Å²) in [6, 6.07) is 8.66. The van der Waals surface area contributed by atoms with Crippen LogP contribution >= 0.6 is 11.3 Å². The molecule has 0 aliphatic heterocycles. The number of hydrogen-bond acceptors (Lipinski definition) is 3. The third-order valence-electron chi connectivity index (χ3n) is 3.14. The molecular weight excluding hydrogens is 242 g/mol. The Bertz CT molecular complexity index is 668. The summed E-state index contributed by atoms with van der Waals surface area (Å²) >= 11 is 1.80. The van der Waals surface area contributed by atoms with Crippen LogP contribution in [0.4, 0.5) is 5.69 Å². The van der Waals surface area contributed by atoms with Crippen molar-refractivity contribution < 1.29 is 0 Å². The van der Waals surface area contributed by atoms with E-state index in [1.165, 1.54) is 10.4 Å². The van der Waals surface area contributed by atoms with Crippen LogP contribution in [-0.2, 0) is 0 Å². The molecule has 0 radical (unpaired) electrons. The van der Waals surface area contributed by atoms with E-state index in [4.69, 9.17) is 0 Å². The maximum Gasteiger partial charge on any atom is 0.0881 e. The molecule has 0 fully saturated rings. The summed E-state index contributed by atoms with van der Waals surface area (Å²) in [6.45, 7) is 4.34. The molecule has 3 rings (SSSR count). The van der Waals surface area contributed by atoms with Gasteiger partial charge in [0.05, 0.1) is 23.4 Å². The lowest BCUT2D eigenvalue weighted by Crippen LogP contribution is -2.06. The molecule has 0 amide bonds. The van der Waals surface area contributed by atoms with Gasteiger partial charge in [0.25, 0.3) is 0 Å². The lowest BCUT2D eigenvalue weighted by molar-refractivity contribution is 0.900. The number of nitrogens with one attached hydrogen (secondary N) is 2. The zero-order valence-electron chi connectivity index (χ0n) is 10.4. The van der Waals surface area contributed by atoms with Crippen molar-refractivity contribution in [3.05, 3.63) is 46.3 Å². The summed E-state index contributed by atoms with van der Waals surface area (Å²) < 4.78 is 0. The number of aromatic amines is 1. The number of thiophene rings is 1. The zero-order chi connectivity index (χ0) is 12.5. The van der Waals surface area contributed by atoms with Gasteiger partial charge in [-0.25, -0.2) is 0 Å². The molecule has 92 valence electrons. The maximum absolute atomic E-state index is 4.09. The topological polar surface area (TPSA) is 40.7 Å². The average Bonchev–Trinajstić information content (AvgIpc) is 2.97. The molecule has 0 aliphatic carbocycles. The first-order valence-electron chi connectivity index (χ1n) is 5.98. The summed E-state index contributed by atoms with van der Waals surface area (Å²) in [6.07, 6.45) is 1.85. The fourth-order valence-electron chi connectivity index (χ4n) is 2.22. The third kappa shape index (κ3) is 1.88. The van der Waals surface area contributed by atoms with E-state index in [2.05, 4.69) is 52.9 Å². The molecule has 3 aromatic rings. The van der Waals surface area contributed by atoms with E-state index in [1.54, 1.807) is 11.3 Å². The van der Waals surface area contributed by atoms with Crippen LogP contribution in [0.1, 0.15) is 23.4 Å². The van der Waals surface area contributed by atoms with Crippen LogP contribution in [0.15, 0.2) is 35.8 Å². The van der Waals surface area contributed by atoms with E-state index >= 15 is 0 Å². The van der Waals surface area contributed by atoms with Crippen molar-refractivity contribution in [1.82, 2.24) is 10.2 Å². The smallest absolute Gasteiger partial charge is 0.0881 e. The number of hydrogen-bond donors (Lipinski definition) is 2. The van der Waals surface area contributed by atoms with Crippen molar-refractivity contribution >= 4 is 27.9 Å². The molecule has 2 N–H and O–H groups in total. The third-order valence-corrected chi connectivity index (χ3v) is 4.35. The first kappa shape index (κ1) is 11.3. The van der Waals surface area contributed by atoms with Crippen molar-refractivity contribution in [3.63, 3.8) is 0 Å². The van der Waals surface area contributed by atoms with Gasteiger partial charge >= 0.3 is 0 Å². The molecule has 1 atom stereocenters. The lowest BCUT2D eigenvalue weighted by atomic mass is 10.1. The average molecular weight is 257 g/mol. The molecule has 2 heterocycles. The largest absolute Gasteiger partial charge is 0.376 e. The van der Waals surface area contributed by atoms with E-state index in [-0.39, 0.29) is 0 Å². The van der Waals surface area contributed by atoms with Gasteiger partial charge in [0.1, 0.15) is 0 Å². The van der Waals surface area contributed by atoms with Gasteiger partial charge in [0, 0.05) is 10.3 Å². The summed E-state index contributed by atoms with van der Waals surface area (Å²) in [5, 5.41) is 14.0. The van der Waals surface area contributed by atoms with Crippen LogP contribution in [0.25, 0.3) is 10.9 Å². The van der Waals surface area contributed by atoms with Crippen molar-refractivity contribution in [2.75, 3.05) is 5.32 Å². The molecule has 0 saturated heterocycles. The Hall–Kier alpha value is -1.81. The van der Waals surface area contributed by atoms with E-state index < -0.39 is 0 Å². The summed E-state index contributed by atoms with van der Waals surface area (Å²) in [5.41, 5.74) is 3.51. The number of rotatable bonds is 3. The van der Waals surface area contributed by atoms with E-state index in [9.17, 15) is 0 Å². The minimum Gasteiger partial charge on any atom is -0.376 e. The molecule has 4 heteroatoms. The van der Waals surface area contributed by atoms with Gasteiger partial charge in [0.15, 0.2) is 0 Å². The van der Waals surface area contributed by atoms with Crippen LogP contribution < -0.4 is 5.32 Å². The number of benzene rings is 1. The van der Waals surface area contributed by atoms with Crippen molar-refractivity contribution in [2.45, 2.75) is 19.9 Å². The van der Waals surface area contributed by atoms with Crippen LogP contribution in [0, 0.1) is 6.92 Å². The van der Waals surface area contributed by atoms with Gasteiger partial charge in [0.2, 0.25) is 0 Å². The van der Waals surface area contributed by atoms with E-state index in [1.807, 2.05) is 12.3 Å². The molecule has 2 aromatic heterocycles. The Balaban J connectivity index is 1.93. The van der Waals surface area contributed by atoms with Crippen LogP contribution in [0.5, 0.6) is 0 Å². The number of H-pyrrole nitrogens is 1. The normalized spacial score (nSPS) is 12.8. The minimum absolute atomic E-state index is 0.305. The number of anilines is 1. The molecule has 0 spiro atoms. The Kier molecular flexibility index (Phi) is 2.80. The zero-order valence-corrected chi connectivity index (χ0v) is 11.2. The number of aryl methyl sites for hydroxylation is 1. The molecular formula is C14H15N3S. The predicted molar refractivity (Wildman–Crippen MR) is 77.2 cm³/mol.